The van der Waals surface area contributed by atoms with Gasteiger partial charge in [0.1, 0.15) is 5.75 Å². The SMILES string of the molecule is COc1ccc(C(=O)N/N=C(\C)c2c[nH]c3ccccc23)cc1. The molecule has 1 heterocycles. The number of carbonyl (C=O) groups is 1. The van der Waals surface area contributed by atoms with Crippen LogP contribution in [-0.4, -0.2) is 23.7 Å². The lowest BCUT2D eigenvalue weighted by molar-refractivity contribution is 0.0955. The third-order valence-electron chi connectivity index (χ3n) is 3.66. The normalized spacial score (nSPS) is 11.5. The van der Waals surface area contributed by atoms with Crippen molar-refractivity contribution in [2.75, 3.05) is 7.11 Å². The summed E-state index contributed by atoms with van der Waals surface area (Å²) in [5.74, 6) is 0.451. The van der Waals surface area contributed by atoms with Crippen LogP contribution in [0.25, 0.3) is 10.9 Å². The van der Waals surface area contributed by atoms with Gasteiger partial charge in [0, 0.05) is 28.2 Å². The number of hydrazone groups is 1. The van der Waals surface area contributed by atoms with Crippen LogP contribution < -0.4 is 10.2 Å². The summed E-state index contributed by atoms with van der Waals surface area (Å²) in [6, 6.07) is 14.8. The van der Waals surface area contributed by atoms with Gasteiger partial charge in [-0.1, -0.05) is 18.2 Å². The molecule has 0 radical (unpaired) electrons. The highest BCUT2D eigenvalue weighted by atomic mass is 16.5. The van der Waals surface area contributed by atoms with Gasteiger partial charge in [-0.2, -0.15) is 5.10 Å². The Kier molecular flexibility index (Phi) is 4.10. The largest absolute Gasteiger partial charge is 0.497 e. The number of methoxy groups -OCH3 is 1. The Labute approximate surface area is 134 Å². The van der Waals surface area contributed by atoms with Crippen LogP contribution in [0.1, 0.15) is 22.8 Å². The van der Waals surface area contributed by atoms with Crippen molar-refractivity contribution in [1.29, 1.82) is 0 Å². The minimum atomic E-state index is -0.258. The van der Waals surface area contributed by atoms with Crippen molar-refractivity contribution in [2.45, 2.75) is 6.92 Å². The molecule has 0 atom stereocenters. The topological polar surface area (TPSA) is 66.5 Å². The number of hydrogen-bond donors (Lipinski definition) is 2. The first kappa shape index (κ1) is 14.8. The quantitative estimate of drug-likeness (QED) is 0.573. The molecule has 0 aliphatic carbocycles. The van der Waals surface area contributed by atoms with E-state index in [9.17, 15) is 4.79 Å². The predicted molar refractivity (Wildman–Crippen MR) is 91.0 cm³/mol. The number of amides is 1. The minimum Gasteiger partial charge on any atom is -0.497 e. The molecule has 116 valence electrons. The summed E-state index contributed by atoms with van der Waals surface area (Å²) >= 11 is 0. The second-order valence-electron chi connectivity index (χ2n) is 5.11. The second kappa shape index (κ2) is 6.36. The van der Waals surface area contributed by atoms with Crippen LogP contribution in [0.2, 0.25) is 0 Å². The summed E-state index contributed by atoms with van der Waals surface area (Å²) in [7, 11) is 1.59. The molecule has 23 heavy (non-hydrogen) atoms. The van der Waals surface area contributed by atoms with Crippen molar-refractivity contribution >= 4 is 22.5 Å². The average molecular weight is 307 g/mol. The first-order chi connectivity index (χ1) is 11.2. The van der Waals surface area contributed by atoms with E-state index in [1.54, 1.807) is 31.4 Å². The van der Waals surface area contributed by atoms with Crippen molar-refractivity contribution in [3.05, 3.63) is 65.9 Å². The van der Waals surface area contributed by atoms with Gasteiger partial charge in [-0.25, -0.2) is 5.43 Å². The van der Waals surface area contributed by atoms with E-state index in [-0.39, 0.29) is 5.91 Å². The van der Waals surface area contributed by atoms with Crippen molar-refractivity contribution in [3.63, 3.8) is 0 Å². The molecule has 0 saturated carbocycles. The smallest absolute Gasteiger partial charge is 0.271 e. The number of nitrogens with one attached hydrogen (secondary N) is 2. The zero-order valence-electron chi connectivity index (χ0n) is 13.0. The molecule has 0 unspecified atom stereocenters. The van der Waals surface area contributed by atoms with Crippen LogP contribution >= 0.6 is 0 Å². The molecular formula is C18H17N3O2. The van der Waals surface area contributed by atoms with E-state index in [0.29, 0.717) is 11.3 Å². The van der Waals surface area contributed by atoms with Gasteiger partial charge >= 0.3 is 0 Å². The third kappa shape index (κ3) is 3.08. The van der Waals surface area contributed by atoms with E-state index in [1.807, 2.05) is 37.4 Å². The fraction of sp³-hybridized carbons (Fsp3) is 0.111. The zero-order chi connectivity index (χ0) is 16.2. The molecule has 5 nitrogen and oxygen atoms in total. The van der Waals surface area contributed by atoms with Crippen LogP contribution in [0.15, 0.2) is 59.8 Å². The number of rotatable bonds is 4. The summed E-state index contributed by atoms with van der Waals surface area (Å²) in [5.41, 5.74) is 5.86. The number of aromatic amines is 1. The highest BCUT2D eigenvalue weighted by Gasteiger charge is 2.08. The lowest BCUT2D eigenvalue weighted by atomic mass is 10.1. The summed E-state index contributed by atoms with van der Waals surface area (Å²) in [4.78, 5) is 15.3. The maximum atomic E-state index is 12.1. The number of H-pyrrole nitrogens is 1. The van der Waals surface area contributed by atoms with Crippen LogP contribution in [0, 0.1) is 0 Å². The Bertz CT molecular complexity index is 863. The van der Waals surface area contributed by atoms with Gasteiger partial charge in [0.25, 0.3) is 5.91 Å². The summed E-state index contributed by atoms with van der Waals surface area (Å²) < 4.78 is 5.07. The molecule has 1 aromatic heterocycles. The van der Waals surface area contributed by atoms with E-state index >= 15 is 0 Å². The molecule has 0 bridgehead atoms. The minimum absolute atomic E-state index is 0.258. The van der Waals surface area contributed by atoms with Gasteiger partial charge in [-0.3, -0.25) is 4.79 Å². The maximum Gasteiger partial charge on any atom is 0.271 e. The van der Waals surface area contributed by atoms with Crippen molar-refractivity contribution < 1.29 is 9.53 Å². The molecule has 2 N–H and O–H groups in total. The number of hydrogen-bond acceptors (Lipinski definition) is 3. The fourth-order valence-electron chi connectivity index (χ4n) is 2.37. The van der Waals surface area contributed by atoms with Crippen LogP contribution in [-0.2, 0) is 0 Å². The monoisotopic (exact) mass is 307 g/mol. The van der Waals surface area contributed by atoms with E-state index < -0.39 is 0 Å². The number of ether oxygens (including phenoxy) is 1. The second-order valence-corrected chi connectivity index (χ2v) is 5.11. The van der Waals surface area contributed by atoms with E-state index in [4.69, 9.17) is 4.74 Å². The Hall–Kier alpha value is -3.08. The molecule has 1 amide bonds. The highest BCUT2D eigenvalue weighted by molar-refractivity contribution is 6.10. The van der Waals surface area contributed by atoms with Gasteiger partial charge in [-0.05, 0) is 37.3 Å². The lowest BCUT2D eigenvalue weighted by Gasteiger charge is -2.04. The van der Waals surface area contributed by atoms with Crippen molar-refractivity contribution in [3.8, 4) is 5.75 Å². The summed E-state index contributed by atoms with van der Waals surface area (Å²) in [6.07, 6.45) is 1.89. The van der Waals surface area contributed by atoms with Gasteiger partial charge in [0.05, 0.1) is 12.8 Å². The predicted octanol–water partition coefficient (Wildman–Crippen LogP) is 3.33. The number of nitrogens with zero attached hydrogens (tertiary/aromatic N) is 1. The van der Waals surface area contributed by atoms with E-state index in [0.717, 1.165) is 22.2 Å². The maximum absolute atomic E-state index is 12.1. The van der Waals surface area contributed by atoms with Crippen molar-refractivity contribution in [1.82, 2.24) is 10.4 Å². The lowest BCUT2D eigenvalue weighted by Crippen LogP contribution is -2.19. The zero-order valence-corrected chi connectivity index (χ0v) is 13.0. The van der Waals surface area contributed by atoms with Crippen LogP contribution in [0.3, 0.4) is 0 Å². The van der Waals surface area contributed by atoms with Crippen molar-refractivity contribution in [2.24, 2.45) is 5.10 Å². The van der Waals surface area contributed by atoms with Crippen LogP contribution in [0.4, 0.5) is 0 Å². The molecule has 2 aromatic carbocycles. The van der Waals surface area contributed by atoms with Gasteiger partial charge in [-0.15, -0.1) is 0 Å². The summed E-state index contributed by atoms with van der Waals surface area (Å²) in [6.45, 7) is 1.86. The van der Waals surface area contributed by atoms with Gasteiger partial charge in [0.2, 0.25) is 0 Å². The third-order valence-corrected chi connectivity index (χ3v) is 3.66. The molecule has 3 aromatic rings. The number of fused-ring (bicyclic) bond motifs is 1. The molecule has 0 aliphatic heterocycles. The standard InChI is InChI=1S/C18H17N3O2/c1-12(16-11-19-17-6-4-3-5-15(16)17)20-21-18(22)13-7-9-14(23-2)10-8-13/h3-11,19H,1-2H3,(H,21,22)/b20-12+. The fourth-order valence-corrected chi connectivity index (χ4v) is 2.37. The van der Waals surface area contributed by atoms with E-state index in [1.165, 1.54) is 0 Å². The first-order valence-corrected chi connectivity index (χ1v) is 7.24. The Morgan fingerprint density at radius 2 is 1.87 bits per heavy atom. The molecule has 0 aliphatic rings. The van der Waals surface area contributed by atoms with E-state index in [2.05, 4.69) is 15.5 Å². The first-order valence-electron chi connectivity index (χ1n) is 7.24. The highest BCUT2D eigenvalue weighted by Crippen LogP contribution is 2.18. The van der Waals surface area contributed by atoms with Crippen LogP contribution in [0.5, 0.6) is 5.75 Å². The van der Waals surface area contributed by atoms with Gasteiger partial charge in [0.15, 0.2) is 0 Å². The Balaban J connectivity index is 1.77. The Morgan fingerprint density at radius 3 is 2.61 bits per heavy atom. The number of aromatic nitrogens is 1. The molecule has 0 spiro atoms. The molecule has 0 saturated heterocycles. The molecule has 5 heteroatoms. The number of para-hydroxylation sites is 1. The number of benzene rings is 2. The molecule has 0 fully saturated rings. The number of carbonyl (C=O) groups excluding carboxylic acids is 1. The van der Waals surface area contributed by atoms with Gasteiger partial charge < -0.3 is 9.72 Å². The Morgan fingerprint density at radius 1 is 1.13 bits per heavy atom. The molecule has 3 rings (SSSR count). The molecular weight excluding hydrogens is 290 g/mol. The summed E-state index contributed by atoms with van der Waals surface area (Å²) in [5, 5.41) is 5.28. The average Bonchev–Trinajstić information content (AvgIpc) is 3.03.